The van der Waals surface area contributed by atoms with Gasteiger partial charge < -0.3 is 5.11 Å². The molecular weight excluding hydrogens is 200 g/mol. The van der Waals surface area contributed by atoms with Gasteiger partial charge in [-0.15, -0.1) is 0 Å². The highest BCUT2D eigenvalue weighted by Gasteiger charge is 2.33. The van der Waals surface area contributed by atoms with E-state index in [1.165, 1.54) is 0 Å². The minimum atomic E-state index is -0.852. The standard InChI is InChI=1S/C9H14N2O4/c1-11(4-2-3-8(13)14)6-5-7(12)10-9(6)15/h6H,2-5H2,1H3,(H,13,14)(H,10,12,15). The summed E-state index contributed by atoms with van der Waals surface area (Å²) >= 11 is 0. The van der Waals surface area contributed by atoms with E-state index < -0.39 is 12.0 Å². The van der Waals surface area contributed by atoms with Gasteiger partial charge in [-0.2, -0.15) is 0 Å². The Bertz CT molecular complexity index is 290. The first-order valence-corrected chi connectivity index (χ1v) is 4.76. The van der Waals surface area contributed by atoms with E-state index in [4.69, 9.17) is 5.11 Å². The number of carboxylic acids is 1. The molecule has 1 aliphatic heterocycles. The second kappa shape index (κ2) is 4.88. The fraction of sp³-hybridized carbons (Fsp3) is 0.667. The predicted octanol–water partition coefficient (Wildman–Crippen LogP) is -0.802. The maximum Gasteiger partial charge on any atom is 0.303 e. The first-order valence-electron chi connectivity index (χ1n) is 4.76. The van der Waals surface area contributed by atoms with Crippen LogP contribution >= 0.6 is 0 Å². The van der Waals surface area contributed by atoms with Crippen LogP contribution in [0.1, 0.15) is 19.3 Å². The largest absolute Gasteiger partial charge is 0.481 e. The lowest BCUT2D eigenvalue weighted by Gasteiger charge is -2.20. The summed E-state index contributed by atoms with van der Waals surface area (Å²) in [4.78, 5) is 34.1. The summed E-state index contributed by atoms with van der Waals surface area (Å²) in [7, 11) is 1.71. The average Bonchev–Trinajstić information content (AvgIpc) is 2.44. The van der Waals surface area contributed by atoms with Crippen LogP contribution in [-0.2, 0) is 14.4 Å². The van der Waals surface area contributed by atoms with Gasteiger partial charge >= 0.3 is 5.97 Å². The molecule has 0 saturated carbocycles. The van der Waals surface area contributed by atoms with E-state index in [2.05, 4.69) is 5.32 Å². The van der Waals surface area contributed by atoms with Gasteiger partial charge in [0.25, 0.3) is 0 Å². The molecule has 0 aromatic heterocycles. The van der Waals surface area contributed by atoms with Crippen molar-refractivity contribution in [1.29, 1.82) is 0 Å². The van der Waals surface area contributed by atoms with E-state index in [9.17, 15) is 14.4 Å². The van der Waals surface area contributed by atoms with Crippen molar-refractivity contribution in [2.75, 3.05) is 13.6 Å². The maximum atomic E-state index is 11.2. The molecule has 2 N–H and O–H groups in total. The number of carboxylic acid groups (broad SMARTS) is 1. The monoisotopic (exact) mass is 214 g/mol. The highest BCUT2D eigenvalue weighted by molar-refractivity contribution is 6.05. The minimum absolute atomic E-state index is 0.0760. The van der Waals surface area contributed by atoms with Crippen molar-refractivity contribution in [3.05, 3.63) is 0 Å². The van der Waals surface area contributed by atoms with Gasteiger partial charge in [-0.25, -0.2) is 0 Å². The van der Waals surface area contributed by atoms with Crippen LogP contribution in [0.4, 0.5) is 0 Å². The highest BCUT2D eigenvalue weighted by Crippen LogP contribution is 2.09. The summed E-state index contributed by atoms with van der Waals surface area (Å²) < 4.78 is 0. The SMILES string of the molecule is CN(CCCC(=O)O)C1CC(=O)NC1=O. The quantitative estimate of drug-likeness (QED) is 0.585. The predicted molar refractivity (Wildman–Crippen MR) is 51.1 cm³/mol. The number of aliphatic carboxylic acids is 1. The Labute approximate surface area is 87.2 Å². The van der Waals surface area contributed by atoms with Crippen LogP contribution in [0.3, 0.4) is 0 Å². The third-order valence-electron chi connectivity index (χ3n) is 2.38. The molecule has 1 heterocycles. The Hall–Kier alpha value is -1.43. The molecule has 0 aromatic rings. The van der Waals surface area contributed by atoms with Crippen LogP contribution in [0, 0.1) is 0 Å². The molecule has 0 aliphatic carbocycles. The molecule has 15 heavy (non-hydrogen) atoms. The van der Waals surface area contributed by atoms with E-state index in [-0.39, 0.29) is 24.7 Å². The summed E-state index contributed by atoms with van der Waals surface area (Å²) in [5, 5.41) is 10.6. The molecule has 0 bridgehead atoms. The molecule has 84 valence electrons. The number of hydrogen-bond acceptors (Lipinski definition) is 4. The Morgan fingerprint density at radius 1 is 1.60 bits per heavy atom. The number of imide groups is 1. The van der Waals surface area contributed by atoms with Crippen molar-refractivity contribution in [3.63, 3.8) is 0 Å². The lowest BCUT2D eigenvalue weighted by molar-refractivity contribution is -0.137. The minimum Gasteiger partial charge on any atom is -0.481 e. The number of nitrogens with one attached hydrogen (secondary N) is 1. The second-order valence-corrected chi connectivity index (χ2v) is 3.61. The molecule has 1 aliphatic rings. The fourth-order valence-electron chi connectivity index (χ4n) is 1.53. The van der Waals surface area contributed by atoms with E-state index in [0.29, 0.717) is 13.0 Å². The maximum absolute atomic E-state index is 11.2. The number of nitrogens with zero attached hydrogens (tertiary/aromatic N) is 1. The molecule has 1 saturated heterocycles. The van der Waals surface area contributed by atoms with Gasteiger partial charge in [0, 0.05) is 6.42 Å². The molecule has 0 spiro atoms. The lowest BCUT2D eigenvalue weighted by atomic mass is 10.2. The van der Waals surface area contributed by atoms with Crippen LogP contribution in [0.5, 0.6) is 0 Å². The van der Waals surface area contributed by atoms with Gasteiger partial charge in [-0.05, 0) is 20.0 Å². The van der Waals surface area contributed by atoms with Gasteiger partial charge in [0.2, 0.25) is 11.8 Å². The molecular formula is C9H14N2O4. The third-order valence-corrected chi connectivity index (χ3v) is 2.38. The van der Waals surface area contributed by atoms with Crippen molar-refractivity contribution in [2.45, 2.75) is 25.3 Å². The second-order valence-electron chi connectivity index (χ2n) is 3.61. The van der Waals surface area contributed by atoms with Crippen LogP contribution in [0.2, 0.25) is 0 Å². The van der Waals surface area contributed by atoms with Crippen molar-refractivity contribution < 1.29 is 19.5 Å². The lowest BCUT2D eigenvalue weighted by Crippen LogP contribution is -2.38. The highest BCUT2D eigenvalue weighted by atomic mass is 16.4. The zero-order valence-electron chi connectivity index (χ0n) is 8.52. The Balaban J connectivity index is 2.33. The van der Waals surface area contributed by atoms with E-state index in [1.54, 1.807) is 11.9 Å². The zero-order valence-corrected chi connectivity index (χ0v) is 8.52. The van der Waals surface area contributed by atoms with Crippen LogP contribution in [0.25, 0.3) is 0 Å². The van der Waals surface area contributed by atoms with E-state index >= 15 is 0 Å². The molecule has 0 aromatic carbocycles. The number of carbonyl (C=O) groups excluding carboxylic acids is 2. The summed E-state index contributed by atoms with van der Waals surface area (Å²) in [6.07, 6.45) is 0.721. The van der Waals surface area contributed by atoms with E-state index in [1.807, 2.05) is 0 Å². The van der Waals surface area contributed by atoms with Gasteiger partial charge in [0.1, 0.15) is 0 Å². The van der Waals surface area contributed by atoms with E-state index in [0.717, 1.165) is 0 Å². The average molecular weight is 214 g/mol. The summed E-state index contributed by atoms with van der Waals surface area (Å²) in [5.74, 6) is -1.41. The van der Waals surface area contributed by atoms with Gasteiger partial charge in [-0.1, -0.05) is 0 Å². The fourth-order valence-corrected chi connectivity index (χ4v) is 1.53. The first kappa shape index (κ1) is 11.6. The van der Waals surface area contributed by atoms with Crippen LogP contribution in [0.15, 0.2) is 0 Å². The van der Waals surface area contributed by atoms with Crippen molar-refractivity contribution in [1.82, 2.24) is 10.2 Å². The third kappa shape index (κ3) is 3.32. The number of likely N-dealkylation sites (N-methyl/N-ethyl adjacent to an activating group) is 1. The normalized spacial score (nSPS) is 20.8. The zero-order chi connectivity index (χ0) is 11.4. The summed E-state index contributed by atoms with van der Waals surface area (Å²) in [6, 6.07) is -0.439. The van der Waals surface area contributed by atoms with Crippen molar-refractivity contribution in [2.24, 2.45) is 0 Å². The summed E-state index contributed by atoms with van der Waals surface area (Å²) in [5.41, 5.74) is 0. The first-order chi connectivity index (χ1) is 7.00. The van der Waals surface area contributed by atoms with Gasteiger partial charge in [-0.3, -0.25) is 24.6 Å². The molecule has 1 rings (SSSR count). The van der Waals surface area contributed by atoms with Crippen LogP contribution in [-0.4, -0.2) is 47.4 Å². The molecule has 0 radical (unpaired) electrons. The molecule has 1 atom stereocenters. The molecule has 6 nitrogen and oxygen atoms in total. The van der Waals surface area contributed by atoms with Crippen molar-refractivity contribution in [3.8, 4) is 0 Å². The molecule has 2 amide bonds. The van der Waals surface area contributed by atoms with Crippen LogP contribution < -0.4 is 5.32 Å². The number of carbonyl (C=O) groups is 3. The molecule has 1 unspecified atom stereocenters. The Morgan fingerprint density at radius 2 is 2.27 bits per heavy atom. The van der Waals surface area contributed by atoms with Crippen molar-refractivity contribution >= 4 is 17.8 Å². The van der Waals surface area contributed by atoms with Gasteiger partial charge in [0.05, 0.1) is 12.5 Å². The van der Waals surface area contributed by atoms with Gasteiger partial charge in [0.15, 0.2) is 0 Å². The Morgan fingerprint density at radius 3 is 2.73 bits per heavy atom. The molecule has 1 fully saturated rings. The number of rotatable bonds is 5. The topological polar surface area (TPSA) is 86.7 Å². The smallest absolute Gasteiger partial charge is 0.303 e. The number of hydrogen-bond donors (Lipinski definition) is 2. The number of amides is 2. The Kier molecular flexibility index (Phi) is 3.79. The summed E-state index contributed by atoms with van der Waals surface area (Å²) in [6.45, 7) is 0.498. The molecule has 6 heteroatoms.